The zero-order valence-corrected chi connectivity index (χ0v) is 13.7. The summed E-state index contributed by atoms with van der Waals surface area (Å²) in [6, 6.07) is 6.01. The zero-order chi connectivity index (χ0) is 15.2. The minimum atomic E-state index is -0.0439. The van der Waals surface area contributed by atoms with Crippen LogP contribution in [0.1, 0.15) is 38.2 Å². The average Bonchev–Trinajstić information content (AvgIpc) is 2.45. The van der Waals surface area contributed by atoms with Crippen LogP contribution >= 0.6 is 23.2 Å². The number of carbonyl (C=O) groups excluding carboxylic acids is 1. The third kappa shape index (κ3) is 5.17. The summed E-state index contributed by atoms with van der Waals surface area (Å²) in [5.41, 5.74) is 1.08. The van der Waals surface area contributed by atoms with Crippen molar-refractivity contribution in [3.8, 4) is 0 Å². The summed E-state index contributed by atoms with van der Waals surface area (Å²) in [4.78, 5) is 11.7. The third-order valence-electron chi connectivity index (χ3n) is 3.86. The highest BCUT2D eigenvalue weighted by Gasteiger charge is 2.26. The van der Waals surface area contributed by atoms with Crippen molar-refractivity contribution in [2.24, 2.45) is 5.92 Å². The molecule has 21 heavy (non-hydrogen) atoms. The van der Waals surface area contributed by atoms with E-state index in [2.05, 4.69) is 5.32 Å². The second-order valence-corrected chi connectivity index (χ2v) is 6.33. The van der Waals surface area contributed by atoms with Crippen LogP contribution in [0.5, 0.6) is 0 Å². The molecule has 0 spiro atoms. The van der Waals surface area contributed by atoms with E-state index in [-0.39, 0.29) is 11.9 Å². The van der Waals surface area contributed by atoms with Crippen molar-refractivity contribution >= 4 is 29.2 Å². The monoisotopic (exact) mass is 329 g/mol. The molecule has 0 unspecified atom stereocenters. The number of hydrogen-bond acceptors (Lipinski definition) is 3. The van der Waals surface area contributed by atoms with Gasteiger partial charge in [-0.05, 0) is 56.4 Å². The van der Waals surface area contributed by atoms with Crippen LogP contribution in [0.15, 0.2) is 18.2 Å². The van der Waals surface area contributed by atoms with Gasteiger partial charge in [-0.15, -0.1) is 0 Å². The SMILES string of the molecule is CCOC(=O)C1CCC(NCc2cc(Cl)cc(Cl)c2)CC1. The first-order chi connectivity index (χ1) is 10.1. The minimum Gasteiger partial charge on any atom is -0.466 e. The molecule has 1 aliphatic rings. The van der Waals surface area contributed by atoms with Gasteiger partial charge in [-0.2, -0.15) is 0 Å². The molecule has 1 aromatic carbocycles. The minimum absolute atomic E-state index is 0.0439. The number of carbonyl (C=O) groups is 1. The number of hydrogen-bond donors (Lipinski definition) is 1. The molecule has 0 atom stereocenters. The zero-order valence-electron chi connectivity index (χ0n) is 12.2. The highest BCUT2D eigenvalue weighted by molar-refractivity contribution is 6.34. The van der Waals surface area contributed by atoms with Crippen LogP contribution in [0.3, 0.4) is 0 Å². The van der Waals surface area contributed by atoms with Gasteiger partial charge in [0.1, 0.15) is 0 Å². The average molecular weight is 330 g/mol. The maximum Gasteiger partial charge on any atom is 0.308 e. The molecule has 0 heterocycles. The summed E-state index contributed by atoms with van der Waals surface area (Å²) in [6.45, 7) is 3.06. The van der Waals surface area contributed by atoms with Gasteiger partial charge in [0, 0.05) is 22.6 Å². The molecular weight excluding hydrogens is 309 g/mol. The molecule has 0 aromatic heterocycles. The quantitative estimate of drug-likeness (QED) is 0.822. The first kappa shape index (κ1) is 16.6. The van der Waals surface area contributed by atoms with Crippen LogP contribution in [0.4, 0.5) is 0 Å². The lowest BCUT2D eigenvalue weighted by atomic mass is 9.86. The standard InChI is InChI=1S/C16H21Cl2NO2/c1-2-21-16(20)12-3-5-15(6-4-12)19-10-11-7-13(17)9-14(18)8-11/h7-9,12,15,19H,2-6,10H2,1H3. The summed E-state index contributed by atoms with van der Waals surface area (Å²) >= 11 is 12.0. The Morgan fingerprint density at radius 3 is 2.38 bits per heavy atom. The number of esters is 1. The van der Waals surface area contributed by atoms with E-state index in [1.165, 1.54) is 0 Å². The van der Waals surface area contributed by atoms with E-state index >= 15 is 0 Å². The van der Waals surface area contributed by atoms with Gasteiger partial charge in [-0.1, -0.05) is 23.2 Å². The summed E-state index contributed by atoms with van der Waals surface area (Å²) in [6.07, 6.45) is 3.79. The molecule has 1 saturated carbocycles. The van der Waals surface area contributed by atoms with Crippen molar-refractivity contribution < 1.29 is 9.53 Å². The fourth-order valence-electron chi connectivity index (χ4n) is 2.77. The third-order valence-corrected chi connectivity index (χ3v) is 4.30. The van der Waals surface area contributed by atoms with Gasteiger partial charge in [0.05, 0.1) is 12.5 Å². The summed E-state index contributed by atoms with van der Waals surface area (Å²) in [7, 11) is 0. The number of halogens is 2. The van der Waals surface area contributed by atoms with E-state index in [4.69, 9.17) is 27.9 Å². The first-order valence-corrected chi connectivity index (χ1v) is 8.19. The molecule has 3 nitrogen and oxygen atoms in total. The molecule has 1 aromatic rings. The van der Waals surface area contributed by atoms with Crippen LogP contribution in [-0.2, 0) is 16.1 Å². The van der Waals surface area contributed by atoms with Crippen LogP contribution < -0.4 is 5.32 Å². The Morgan fingerprint density at radius 2 is 1.81 bits per heavy atom. The van der Waals surface area contributed by atoms with Crippen molar-refractivity contribution in [3.05, 3.63) is 33.8 Å². The van der Waals surface area contributed by atoms with E-state index in [9.17, 15) is 4.79 Å². The summed E-state index contributed by atoms with van der Waals surface area (Å²) in [5.74, 6) is 0.0289. The second-order valence-electron chi connectivity index (χ2n) is 5.46. The molecule has 0 amide bonds. The number of ether oxygens (including phenoxy) is 1. The molecule has 1 N–H and O–H groups in total. The van der Waals surface area contributed by atoms with Gasteiger partial charge in [0.15, 0.2) is 0 Å². The molecular formula is C16H21Cl2NO2. The molecule has 0 aliphatic heterocycles. The largest absolute Gasteiger partial charge is 0.466 e. The van der Waals surface area contributed by atoms with Crippen molar-refractivity contribution in [2.45, 2.75) is 45.2 Å². The van der Waals surface area contributed by atoms with E-state index in [1.807, 2.05) is 19.1 Å². The fourth-order valence-corrected chi connectivity index (χ4v) is 3.34. The highest BCUT2D eigenvalue weighted by Crippen LogP contribution is 2.26. The smallest absolute Gasteiger partial charge is 0.308 e. The second kappa shape index (κ2) is 8.02. The maximum absolute atomic E-state index is 11.7. The molecule has 0 saturated heterocycles. The van der Waals surface area contributed by atoms with Gasteiger partial charge >= 0.3 is 5.97 Å². The Morgan fingerprint density at radius 1 is 1.19 bits per heavy atom. The highest BCUT2D eigenvalue weighted by atomic mass is 35.5. The Hall–Kier alpha value is -0.770. The van der Waals surface area contributed by atoms with Crippen LogP contribution in [0, 0.1) is 5.92 Å². The summed E-state index contributed by atoms with van der Waals surface area (Å²) < 4.78 is 5.08. The lowest BCUT2D eigenvalue weighted by molar-refractivity contribution is -0.149. The Balaban J connectivity index is 1.77. The Bertz CT molecular complexity index is 465. The first-order valence-electron chi connectivity index (χ1n) is 7.43. The number of nitrogens with one attached hydrogen (secondary N) is 1. The summed E-state index contributed by atoms with van der Waals surface area (Å²) in [5, 5.41) is 4.83. The molecule has 1 fully saturated rings. The van der Waals surface area contributed by atoms with E-state index < -0.39 is 0 Å². The number of benzene rings is 1. The fraction of sp³-hybridized carbons (Fsp3) is 0.562. The molecule has 2 rings (SSSR count). The normalized spacial score (nSPS) is 22.0. The maximum atomic E-state index is 11.7. The van der Waals surface area contributed by atoms with Gasteiger partial charge < -0.3 is 10.1 Å². The predicted octanol–water partition coefficient (Wildman–Crippen LogP) is 4.20. The van der Waals surface area contributed by atoms with Crippen molar-refractivity contribution in [1.29, 1.82) is 0 Å². The molecule has 116 valence electrons. The van der Waals surface area contributed by atoms with E-state index in [1.54, 1.807) is 6.07 Å². The molecule has 0 radical (unpaired) electrons. The Kier molecular flexibility index (Phi) is 6.34. The van der Waals surface area contributed by atoms with Crippen molar-refractivity contribution in [2.75, 3.05) is 6.61 Å². The van der Waals surface area contributed by atoms with Gasteiger partial charge in [0.25, 0.3) is 0 Å². The number of rotatable bonds is 5. The van der Waals surface area contributed by atoms with Gasteiger partial charge in [-0.3, -0.25) is 4.79 Å². The van der Waals surface area contributed by atoms with E-state index in [0.29, 0.717) is 22.7 Å². The molecule has 5 heteroatoms. The lowest BCUT2D eigenvalue weighted by Crippen LogP contribution is -2.35. The van der Waals surface area contributed by atoms with Crippen molar-refractivity contribution in [1.82, 2.24) is 5.32 Å². The lowest BCUT2D eigenvalue weighted by Gasteiger charge is -2.28. The van der Waals surface area contributed by atoms with Crippen LogP contribution in [0.2, 0.25) is 10.0 Å². The van der Waals surface area contributed by atoms with Crippen LogP contribution in [-0.4, -0.2) is 18.6 Å². The molecule has 0 bridgehead atoms. The van der Waals surface area contributed by atoms with Gasteiger partial charge in [-0.25, -0.2) is 0 Å². The predicted molar refractivity (Wildman–Crippen MR) is 85.7 cm³/mol. The van der Waals surface area contributed by atoms with Gasteiger partial charge in [0.2, 0.25) is 0 Å². The Labute approximate surface area is 136 Å². The van der Waals surface area contributed by atoms with E-state index in [0.717, 1.165) is 37.8 Å². The van der Waals surface area contributed by atoms with Crippen LogP contribution in [0.25, 0.3) is 0 Å². The topological polar surface area (TPSA) is 38.3 Å². The van der Waals surface area contributed by atoms with Crippen molar-refractivity contribution in [3.63, 3.8) is 0 Å². The molecule has 1 aliphatic carbocycles.